The van der Waals surface area contributed by atoms with Gasteiger partial charge >= 0.3 is 6.09 Å². The number of phenols is 1. The van der Waals surface area contributed by atoms with Crippen molar-refractivity contribution < 1.29 is 14.6 Å². The third kappa shape index (κ3) is 5.41. The SMILES string of the molecule is Cc1ccc(CN(CCc2ccc(O)c3[nH]c(=O)ccc23)C(=O)OC(C)(C)C)cc1. The number of hydrogen-bond acceptors (Lipinski definition) is 4. The normalized spacial score (nSPS) is 11.5. The van der Waals surface area contributed by atoms with Crippen molar-refractivity contribution in [2.45, 2.75) is 46.3 Å². The summed E-state index contributed by atoms with van der Waals surface area (Å²) in [6.45, 7) is 8.43. The van der Waals surface area contributed by atoms with Gasteiger partial charge in [-0.15, -0.1) is 0 Å². The molecule has 2 N–H and O–H groups in total. The third-order valence-electron chi connectivity index (χ3n) is 4.76. The molecule has 1 aromatic heterocycles. The summed E-state index contributed by atoms with van der Waals surface area (Å²) in [6, 6.07) is 14.6. The van der Waals surface area contributed by atoms with Gasteiger partial charge in [-0.1, -0.05) is 35.9 Å². The van der Waals surface area contributed by atoms with Crippen LogP contribution in [0.2, 0.25) is 0 Å². The van der Waals surface area contributed by atoms with Gasteiger partial charge in [0.2, 0.25) is 5.56 Å². The Balaban J connectivity index is 1.85. The van der Waals surface area contributed by atoms with E-state index in [9.17, 15) is 14.7 Å². The molecule has 0 spiro atoms. The molecule has 2 aromatic carbocycles. The number of fused-ring (bicyclic) bond motifs is 1. The number of nitrogens with one attached hydrogen (secondary N) is 1. The lowest BCUT2D eigenvalue weighted by Gasteiger charge is -2.28. The minimum Gasteiger partial charge on any atom is -0.506 e. The summed E-state index contributed by atoms with van der Waals surface area (Å²) in [5.74, 6) is 0.0232. The van der Waals surface area contributed by atoms with Crippen LogP contribution in [0, 0.1) is 6.92 Å². The number of carbonyl (C=O) groups excluding carboxylic acids is 1. The Morgan fingerprint density at radius 3 is 2.43 bits per heavy atom. The van der Waals surface area contributed by atoms with Gasteiger partial charge in [-0.25, -0.2) is 4.79 Å². The van der Waals surface area contributed by atoms with E-state index in [1.54, 1.807) is 17.0 Å². The van der Waals surface area contributed by atoms with Crippen LogP contribution in [-0.2, 0) is 17.7 Å². The van der Waals surface area contributed by atoms with Crippen molar-refractivity contribution in [2.24, 2.45) is 0 Å². The lowest BCUT2D eigenvalue weighted by molar-refractivity contribution is 0.0236. The highest BCUT2D eigenvalue weighted by Gasteiger charge is 2.22. The standard InChI is InChI=1S/C24H28N2O4/c1-16-5-7-17(8-6-16)15-26(23(29)30-24(2,3)4)14-13-18-9-11-20(27)22-19(18)10-12-21(28)25-22/h5-12,27H,13-15H2,1-4H3,(H,25,28). The number of rotatable bonds is 5. The lowest BCUT2D eigenvalue weighted by Crippen LogP contribution is -2.37. The van der Waals surface area contributed by atoms with Crippen LogP contribution < -0.4 is 5.56 Å². The van der Waals surface area contributed by atoms with Gasteiger partial charge in [0.05, 0.1) is 5.52 Å². The molecule has 3 aromatic rings. The number of phenolic OH excluding ortho intramolecular Hbond substituents is 1. The number of aryl methyl sites for hydroxylation is 1. The zero-order valence-electron chi connectivity index (χ0n) is 17.9. The highest BCUT2D eigenvalue weighted by atomic mass is 16.6. The van der Waals surface area contributed by atoms with Crippen LogP contribution in [0.5, 0.6) is 5.75 Å². The van der Waals surface area contributed by atoms with Gasteiger partial charge in [-0.3, -0.25) is 4.79 Å². The van der Waals surface area contributed by atoms with Crippen LogP contribution in [0.3, 0.4) is 0 Å². The van der Waals surface area contributed by atoms with Gasteiger partial charge in [-0.2, -0.15) is 0 Å². The van der Waals surface area contributed by atoms with E-state index in [1.165, 1.54) is 6.07 Å². The van der Waals surface area contributed by atoms with Crippen LogP contribution in [0.1, 0.15) is 37.5 Å². The van der Waals surface area contributed by atoms with E-state index in [0.717, 1.165) is 22.1 Å². The predicted molar refractivity (Wildman–Crippen MR) is 118 cm³/mol. The fraction of sp³-hybridized carbons (Fsp3) is 0.333. The summed E-state index contributed by atoms with van der Waals surface area (Å²) in [5.41, 5.74) is 2.65. The highest BCUT2D eigenvalue weighted by Crippen LogP contribution is 2.25. The van der Waals surface area contributed by atoms with E-state index in [1.807, 2.05) is 58.0 Å². The molecule has 1 amide bonds. The number of pyridine rings is 1. The molecule has 0 fully saturated rings. The van der Waals surface area contributed by atoms with Crippen molar-refractivity contribution in [2.75, 3.05) is 6.54 Å². The average molecular weight is 408 g/mol. The van der Waals surface area contributed by atoms with E-state index in [-0.39, 0.29) is 17.4 Å². The first kappa shape index (κ1) is 21.4. The Morgan fingerprint density at radius 2 is 1.77 bits per heavy atom. The fourth-order valence-corrected chi connectivity index (χ4v) is 3.25. The molecule has 0 unspecified atom stereocenters. The molecule has 0 saturated carbocycles. The molecule has 0 aliphatic heterocycles. The molecule has 0 atom stereocenters. The van der Waals surface area contributed by atoms with Gasteiger partial charge in [0, 0.05) is 24.5 Å². The largest absolute Gasteiger partial charge is 0.506 e. The number of H-pyrrole nitrogens is 1. The van der Waals surface area contributed by atoms with Crippen molar-refractivity contribution in [1.82, 2.24) is 9.88 Å². The zero-order chi connectivity index (χ0) is 21.9. The Bertz CT molecular complexity index is 1090. The molecule has 1 heterocycles. The Hall–Kier alpha value is -3.28. The van der Waals surface area contributed by atoms with Gasteiger partial charge in [0.25, 0.3) is 0 Å². The number of aromatic amines is 1. The topological polar surface area (TPSA) is 82.6 Å². The summed E-state index contributed by atoms with van der Waals surface area (Å²) in [4.78, 5) is 28.8. The summed E-state index contributed by atoms with van der Waals surface area (Å²) in [7, 11) is 0. The molecule has 6 heteroatoms. The molecular formula is C24H28N2O4. The number of benzene rings is 2. The minimum atomic E-state index is -0.590. The van der Waals surface area contributed by atoms with Crippen molar-refractivity contribution in [3.8, 4) is 5.75 Å². The second kappa shape index (κ2) is 8.61. The van der Waals surface area contributed by atoms with Crippen molar-refractivity contribution in [1.29, 1.82) is 0 Å². The molecule has 0 bridgehead atoms. The second-order valence-electron chi connectivity index (χ2n) is 8.49. The maximum atomic E-state index is 12.8. The van der Waals surface area contributed by atoms with Gasteiger partial charge in [-0.05, 0) is 57.4 Å². The highest BCUT2D eigenvalue weighted by molar-refractivity contribution is 5.87. The monoisotopic (exact) mass is 408 g/mol. The Labute approximate surface area is 176 Å². The number of hydrogen-bond donors (Lipinski definition) is 2. The van der Waals surface area contributed by atoms with Crippen molar-refractivity contribution in [3.63, 3.8) is 0 Å². The van der Waals surface area contributed by atoms with Crippen molar-refractivity contribution in [3.05, 3.63) is 75.6 Å². The van der Waals surface area contributed by atoms with E-state index >= 15 is 0 Å². The predicted octanol–water partition coefficient (Wildman–Crippen LogP) is 4.52. The maximum Gasteiger partial charge on any atom is 0.410 e. The minimum absolute atomic E-state index is 0.0232. The summed E-state index contributed by atoms with van der Waals surface area (Å²) in [5, 5.41) is 10.8. The molecule has 0 aliphatic carbocycles. The summed E-state index contributed by atoms with van der Waals surface area (Å²) < 4.78 is 5.61. The zero-order valence-corrected chi connectivity index (χ0v) is 17.9. The molecular weight excluding hydrogens is 380 g/mol. The molecule has 30 heavy (non-hydrogen) atoms. The van der Waals surface area contributed by atoms with Gasteiger partial charge in [0.15, 0.2) is 0 Å². The van der Waals surface area contributed by atoms with E-state index in [2.05, 4.69) is 4.98 Å². The molecule has 6 nitrogen and oxygen atoms in total. The fourth-order valence-electron chi connectivity index (χ4n) is 3.25. The van der Waals surface area contributed by atoms with E-state index in [0.29, 0.717) is 25.0 Å². The second-order valence-corrected chi connectivity index (χ2v) is 8.49. The molecule has 3 rings (SSSR count). The first-order valence-corrected chi connectivity index (χ1v) is 10.00. The number of ether oxygens (including phenoxy) is 1. The lowest BCUT2D eigenvalue weighted by atomic mass is 10.0. The van der Waals surface area contributed by atoms with Crippen LogP contribution in [-0.4, -0.2) is 33.2 Å². The average Bonchev–Trinajstić information content (AvgIpc) is 2.67. The first-order chi connectivity index (χ1) is 14.1. The van der Waals surface area contributed by atoms with Crippen LogP contribution in [0.4, 0.5) is 4.79 Å². The van der Waals surface area contributed by atoms with Crippen LogP contribution >= 0.6 is 0 Å². The Morgan fingerprint density at radius 1 is 1.07 bits per heavy atom. The summed E-state index contributed by atoms with van der Waals surface area (Å²) >= 11 is 0. The Kier molecular flexibility index (Phi) is 6.15. The van der Waals surface area contributed by atoms with Gasteiger partial charge < -0.3 is 19.7 Å². The number of nitrogens with zero attached hydrogens (tertiary/aromatic N) is 1. The van der Waals surface area contributed by atoms with E-state index in [4.69, 9.17) is 4.74 Å². The molecule has 0 radical (unpaired) electrons. The molecule has 0 aliphatic rings. The number of aromatic hydroxyl groups is 1. The number of carbonyl (C=O) groups is 1. The number of aromatic nitrogens is 1. The van der Waals surface area contributed by atoms with Crippen LogP contribution in [0.15, 0.2) is 53.3 Å². The first-order valence-electron chi connectivity index (χ1n) is 10.00. The smallest absolute Gasteiger partial charge is 0.410 e. The van der Waals surface area contributed by atoms with Crippen LogP contribution in [0.25, 0.3) is 10.9 Å². The van der Waals surface area contributed by atoms with E-state index < -0.39 is 5.60 Å². The maximum absolute atomic E-state index is 12.8. The number of amides is 1. The van der Waals surface area contributed by atoms with Crippen molar-refractivity contribution >= 4 is 17.0 Å². The third-order valence-corrected chi connectivity index (χ3v) is 4.76. The summed E-state index contributed by atoms with van der Waals surface area (Å²) in [6.07, 6.45) is 0.174. The quantitative estimate of drug-likeness (QED) is 0.650. The van der Waals surface area contributed by atoms with Gasteiger partial charge in [0.1, 0.15) is 11.4 Å². The molecule has 158 valence electrons. The molecule has 0 saturated heterocycles.